The highest BCUT2D eigenvalue weighted by atomic mass is 19.3. The minimum atomic E-state index is -2.88. The van der Waals surface area contributed by atoms with Gasteiger partial charge in [-0.05, 0) is 23.8 Å². The van der Waals surface area contributed by atoms with Gasteiger partial charge in [-0.1, -0.05) is 12.1 Å². The molecule has 0 aliphatic carbocycles. The molecule has 0 bridgehead atoms. The maximum Gasteiger partial charge on any atom is 0.387 e. The lowest BCUT2D eigenvalue weighted by molar-refractivity contribution is -0.128. The Hall–Kier alpha value is -3.09. The average Bonchev–Trinajstić information content (AvgIpc) is 2.60. The summed E-state index contributed by atoms with van der Waals surface area (Å²) in [5.74, 6) is 0.675. The smallest absolute Gasteiger partial charge is 0.387 e. The van der Waals surface area contributed by atoms with Gasteiger partial charge in [-0.15, -0.1) is 0 Å². The molecule has 0 heterocycles. The first kappa shape index (κ1) is 18.3. The van der Waals surface area contributed by atoms with Crippen molar-refractivity contribution in [2.45, 2.75) is 6.61 Å². The molecule has 0 aliphatic rings. The van der Waals surface area contributed by atoms with Gasteiger partial charge < -0.3 is 18.9 Å². The number of methoxy groups -OCH3 is 2. The van der Waals surface area contributed by atoms with Gasteiger partial charge in [-0.3, -0.25) is 0 Å². The zero-order chi connectivity index (χ0) is 18.2. The zero-order valence-corrected chi connectivity index (χ0v) is 13.6. The van der Waals surface area contributed by atoms with Crippen LogP contribution in [-0.2, 0) is 4.79 Å². The van der Waals surface area contributed by atoms with Crippen molar-refractivity contribution in [2.24, 2.45) is 0 Å². The Balaban J connectivity index is 2.01. The van der Waals surface area contributed by atoms with Crippen LogP contribution in [0.4, 0.5) is 8.78 Å². The van der Waals surface area contributed by atoms with Gasteiger partial charge in [0, 0.05) is 24.3 Å². The fourth-order valence-electron chi connectivity index (χ4n) is 1.92. The van der Waals surface area contributed by atoms with E-state index in [1.165, 1.54) is 50.6 Å². The van der Waals surface area contributed by atoms with Gasteiger partial charge in [0.05, 0.1) is 14.2 Å². The van der Waals surface area contributed by atoms with Crippen LogP contribution in [0.15, 0.2) is 48.5 Å². The van der Waals surface area contributed by atoms with Gasteiger partial charge in [0.25, 0.3) is 0 Å². The molecule has 0 fully saturated rings. The Morgan fingerprint density at radius 2 is 1.48 bits per heavy atom. The predicted octanol–water partition coefficient (Wildman–Crippen LogP) is 3.92. The molecule has 0 saturated heterocycles. The first-order chi connectivity index (χ1) is 12.0. The summed E-state index contributed by atoms with van der Waals surface area (Å²) in [4.78, 5) is 11.9. The second kappa shape index (κ2) is 8.68. The van der Waals surface area contributed by atoms with E-state index in [2.05, 4.69) is 4.74 Å². The standard InChI is InChI=1S/C18H16F2O5/c1-22-14-9-15(23-2)11-16(10-14)24-17(21)8-5-12-3-6-13(7-4-12)25-18(19)20/h3-11,18H,1-2H3. The molecule has 0 unspecified atom stereocenters. The molecule has 0 spiro atoms. The van der Waals surface area contributed by atoms with E-state index in [9.17, 15) is 13.6 Å². The molecule has 0 N–H and O–H groups in total. The Morgan fingerprint density at radius 3 is 2.00 bits per heavy atom. The summed E-state index contributed by atoms with van der Waals surface area (Å²) >= 11 is 0. The highest BCUT2D eigenvalue weighted by molar-refractivity contribution is 5.88. The molecular weight excluding hydrogens is 334 g/mol. The summed E-state index contributed by atoms with van der Waals surface area (Å²) < 4.78 is 43.8. The lowest BCUT2D eigenvalue weighted by atomic mass is 10.2. The van der Waals surface area contributed by atoms with E-state index in [0.29, 0.717) is 17.1 Å². The molecule has 0 amide bonds. The van der Waals surface area contributed by atoms with Crippen molar-refractivity contribution in [1.82, 2.24) is 0 Å². The molecular formula is C18H16F2O5. The van der Waals surface area contributed by atoms with Crippen LogP contribution in [-0.4, -0.2) is 26.8 Å². The van der Waals surface area contributed by atoms with Crippen LogP contribution in [0.2, 0.25) is 0 Å². The second-order valence-electron chi connectivity index (χ2n) is 4.75. The summed E-state index contributed by atoms with van der Waals surface area (Å²) in [6, 6.07) is 10.6. The number of rotatable bonds is 7. The van der Waals surface area contributed by atoms with Crippen molar-refractivity contribution in [3.8, 4) is 23.0 Å². The minimum absolute atomic E-state index is 0.0400. The third kappa shape index (κ3) is 5.80. The van der Waals surface area contributed by atoms with Crippen molar-refractivity contribution in [1.29, 1.82) is 0 Å². The predicted molar refractivity (Wildman–Crippen MR) is 87.3 cm³/mol. The number of hydrogen-bond donors (Lipinski definition) is 0. The Kier molecular flexibility index (Phi) is 6.33. The molecule has 7 heteroatoms. The maximum atomic E-state index is 12.1. The zero-order valence-electron chi connectivity index (χ0n) is 13.6. The molecule has 0 aromatic heterocycles. The highest BCUT2D eigenvalue weighted by Crippen LogP contribution is 2.27. The third-order valence-electron chi connectivity index (χ3n) is 3.06. The number of carbonyl (C=O) groups is 1. The Bertz CT molecular complexity index is 719. The number of ether oxygens (including phenoxy) is 4. The lowest BCUT2D eigenvalue weighted by Gasteiger charge is -2.07. The SMILES string of the molecule is COc1cc(OC)cc(OC(=O)C=Cc2ccc(OC(F)F)cc2)c1. The molecule has 132 valence electrons. The molecule has 2 aromatic carbocycles. The van der Waals surface area contributed by atoms with Crippen molar-refractivity contribution in [3.05, 3.63) is 54.1 Å². The molecule has 2 rings (SSSR count). The van der Waals surface area contributed by atoms with E-state index in [4.69, 9.17) is 14.2 Å². The number of carbonyl (C=O) groups excluding carboxylic acids is 1. The molecule has 0 aliphatic heterocycles. The topological polar surface area (TPSA) is 54.0 Å². The molecule has 0 saturated carbocycles. The number of esters is 1. The van der Waals surface area contributed by atoms with Crippen LogP contribution in [0.3, 0.4) is 0 Å². The van der Waals surface area contributed by atoms with E-state index < -0.39 is 12.6 Å². The Labute approximate surface area is 143 Å². The van der Waals surface area contributed by atoms with Crippen LogP contribution in [0.1, 0.15) is 5.56 Å². The third-order valence-corrected chi connectivity index (χ3v) is 3.06. The largest absolute Gasteiger partial charge is 0.496 e. The summed E-state index contributed by atoms with van der Waals surface area (Å²) in [7, 11) is 2.98. The van der Waals surface area contributed by atoms with Gasteiger partial charge in [0.2, 0.25) is 0 Å². The van der Waals surface area contributed by atoms with Crippen molar-refractivity contribution >= 4 is 12.0 Å². The number of halogens is 2. The molecule has 0 atom stereocenters. The highest BCUT2D eigenvalue weighted by Gasteiger charge is 2.06. The average molecular weight is 350 g/mol. The van der Waals surface area contributed by atoms with E-state index in [1.807, 2.05) is 0 Å². The van der Waals surface area contributed by atoms with E-state index in [1.54, 1.807) is 18.2 Å². The van der Waals surface area contributed by atoms with Gasteiger partial charge in [0.15, 0.2) is 0 Å². The van der Waals surface area contributed by atoms with E-state index in [-0.39, 0.29) is 11.5 Å². The van der Waals surface area contributed by atoms with Crippen LogP contribution in [0, 0.1) is 0 Å². The monoisotopic (exact) mass is 350 g/mol. The summed E-state index contributed by atoms with van der Waals surface area (Å²) in [5, 5.41) is 0. The van der Waals surface area contributed by atoms with Crippen molar-refractivity contribution in [3.63, 3.8) is 0 Å². The van der Waals surface area contributed by atoms with Gasteiger partial charge in [0.1, 0.15) is 23.0 Å². The molecule has 0 radical (unpaired) electrons. The van der Waals surface area contributed by atoms with Gasteiger partial charge >= 0.3 is 12.6 Å². The minimum Gasteiger partial charge on any atom is -0.496 e. The quantitative estimate of drug-likeness (QED) is 0.430. The normalized spacial score (nSPS) is 10.8. The fourth-order valence-corrected chi connectivity index (χ4v) is 1.92. The lowest BCUT2D eigenvalue weighted by Crippen LogP contribution is -2.04. The molecule has 5 nitrogen and oxygen atoms in total. The van der Waals surface area contributed by atoms with Gasteiger partial charge in [-0.2, -0.15) is 8.78 Å². The fraction of sp³-hybridized carbons (Fsp3) is 0.167. The van der Waals surface area contributed by atoms with Crippen LogP contribution < -0.4 is 18.9 Å². The molecule has 2 aromatic rings. The number of alkyl halides is 2. The van der Waals surface area contributed by atoms with Crippen molar-refractivity contribution in [2.75, 3.05) is 14.2 Å². The van der Waals surface area contributed by atoms with Gasteiger partial charge in [-0.25, -0.2) is 4.79 Å². The Morgan fingerprint density at radius 1 is 0.920 bits per heavy atom. The van der Waals surface area contributed by atoms with E-state index >= 15 is 0 Å². The van der Waals surface area contributed by atoms with Crippen LogP contribution in [0.5, 0.6) is 23.0 Å². The first-order valence-electron chi connectivity index (χ1n) is 7.18. The first-order valence-corrected chi connectivity index (χ1v) is 7.18. The number of hydrogen-bond acceptors (Lipinski definition) is 5. The van der Waals surface area contributed by atoms with Crippen molar-refractivity contribution < 1.29 is 32.5 Å². The van der Waals surface area contributed by atoms with E-state index in [0.717, 1.165) is 0 Å². The maximum absolute atomic E-state index is 12.1. The van der Waals surface area contributed by atoms with Crippen LogP contribution >= 0.6 is 0 Å². The van der Waals surface area contributed by atoms with Crippen LogP contribution in [0.25, 0.3) is 6.08 Å². The summed E-state index contributed by atoms with van der Waals surface area (Å²) in [6.45, 7) is -2.88. The number of benzene rings is 2. The second-order valence-corrected chi connectivity index (χ2v) is 4.75. The summed E-state index contributed by atoms with van der Waals surface area (Å²) in [5.41, 5.74) is 0.627. The molecule has 25 heavy (non-hydrogen) atoms. The summed E-state index contributed by atoms with van der Waals surface area (Å²) in [6.07, 6.45) is 2.71.